The maximum Gasteiger partial charge on any atom is 0.350 e. The summed E-state index contributed by atoms with van der Waals surface area (Å²) in [6.07, 6.45) is 2.97. The number of rotatable bonds is 11. The average molecular weight is 543 g/mol. The lowest BCUT2D eigenvalue weighted by molar-refractivity contribution is -0.120. The summed E-state index contributed by atoms with van der Waals surface area (Å²) < 4.78 is 17.9. The van der Waals surface area contributed by atoms with Gasteiger partial charge in [-0.2, -0.15) is 0 Å². The first-order chi connectivity index (χ1) is 18.0. The van der Waals surface area contributed by atoms with Crippen molar-refractivity contribution in [2.45, 2.75) is 26.5 Å². The number of benzene rings is 1. The molecule has 0 bridgehead atoms. The summed E-state index contributed by atoms with van der Waals surface area (Å²) >= 11 is 0. The minimum atomic E-state index is -4.27. The molecule has 3 aromatic rings. The van der Waals surface area contributed by atoms with Crippen molar-refractivity contribution in [1.82, 2.24) is 24.8 Å². The topological polar surface area (TPSA) is 189 Å². The van der Waals surface area contributed by atoms with Crippen LogP contribution < -0.4 is 15.5 Å². The van der Waals surface area contributed by atoms with Gasteiger partial charge in [0.15, 0.2) is 11.5 Å². The van der Waals surface area contributed by atoms with Crippen molar-refractivity contribution in [2.75, 3.05) is 29.7 Å². The van der Waals surface area contributed by atoms with Gasteiger partial charge in [0, 0.05) is 30.3 Å². The van der Waals surface area contributed by atoms with Gasteiger partial charge in [-0.05, 0) is 32.0 Å². The molecule has 38 heavy (non-hydrogen) atoms. The van der Waals surface area contributed by atoms with E-state index in [1.165, 1.54) is 24.8 Å². The molecule has 14 nitrogen and oxygen atoms in total. The number of carbonyl (C=O) groups excluding carboxylic acids is 3. The Morgan fingerprint density at radius 1 is 1.18 bits per heavy atom. The van der Waals surface area contributed by atoms with Gasteiger partial charge in [0.1, 0.15) is 18.2 Å². The molecule has 0 saturated heterocycles. The lowest BCUT2D eigenvalue weighted by Gasteiger charge is -2.15. The first-order valence-electron chi connectivity index (χ1n) is 11.5. The van der Waals surface area contributed by atoms with Crippen LogP contribution in [0.4, 0.5) is 11.5 Å². The highest BCUT2D eigenvalue weighted by molar-refractivity contribution is 7.51. The van der Waals surface area contributed by atoms with Crippen LogP contribution in [0.25, 0.3) is 11.2 Å². The zero-order valence-electron chi connectivity index (χ0n) is 20.6. The first-order valence-corrected chi connectivity index (χ1v) is 13.3. The van der Waals surface area contributed by atoms with Crippen molar-refractivity contribution < 1.29 is 33.5 Å². The molecule has 2 aromatic heterocycles. The Bertz CT molecular complexity index is 1470. The summed E-state index contributed by atoms with van der Waals surface area (Å²) in [5.74, 6) is -0.795. The minimum absolute atomic E-state index is 0.241. The molecule has 4 rings (SSSR count). The quantitative estimate of drug-likeness (QED) is 0.154. The van der Waals surface area contributed by atoms with Crippen LogP contribution >= 0.6 is 7.60 Å². The van der Waals surface area contributed by atoms with E-state index in [1.54, 1.807) is 36.6 Å². The lowest BCUT2D eigenvalue weighted by atomic mass is 10.1. The Labute approximate surface area is 216 Å². The highest BCUT2D eigenvalue weighted by Crippen LogP contribution is 2.34. The molecule has 1 aliphatic rings. The van der Waals surface area contributed by atoms with E-state index in [9.17, 15) is 18.9 Å². The Hall–Kier alpha value is -3.97. The van der Waals surface area contributed by atoms with E-state index in [0.29, 0.717) is 40.4 Å². The molecule has 0 saturated carbocycles. The van der Waals surface area contributed by atoms with Gasteiger partial charge in [0.2, 0.25) is 0 Å². The van der Waals surface area contributed by atoms with Crippen LogP contribution in [0, 0.1) is 0 Å². The van der Waals surface area contributed by atoms with Crippen LogP contribution in [-0.2, 0) is 25.4 Å². The molecule has 0 aliphatic carbocycles. The molecule has 15 heteroatoms. The number of anilines is 2. The van der Waals surface area contributed by atoms with Crippen LogP contribution in [0.15, 0.2) is 48.6 Å². The van der Waals surface area contributed by atoms with Gasteiger partial charge in [-0.25, -0.2) is 19.9 Å². The van der Waals surface area contributed by atoms with Crippen molar-refractivity contribution in [2.24, 2.45) is 0 Å². The molecule has 1 aliphatic heterocycles. The Kier molecular flexibility index (Phi) is 7.97. The summed E-state index contributed by atoms with van der Waals surface area (Å²) in [7, 11) is -4.27. The summed E-state index contributed by atoms with van der Waals surface area (Å²) in [4.78, 5) is 68.7. The second-order valence-electron chi connectivity index (χ2n) is 8.60. The van der Waals surface area contributed by atoms with E-state index < -0.39 is 31.9 Å². The number of aromatic nitrogens is 4. The third-order valence-electron chi connectivity index (χ3n) is 5.55. The fraction of sp³-hybridized carbons (Fsp3) is 0.304. The minimum Gasteiger partial charge on any atom is -0.366 e. The van der Waals surface area contributed by atoms with E-state index in [1.807, 2.05) is 0 Å². The fourth-order valence-corrected chi connectivity index (χ4v) is 4.22. The number of carbonyl (C=O) groups is 3. The summed E-state index contributed by atoms with van der Waals surface area (Å²) in [6, 6.07) is 6.26. The van der Waals surface area contributed by atoms with E-state index in [2.05, 4.69) is 25.6 Å². The third kappa shape index (κ3) is 6.29. The van der Waals surface area contributed by atoms with Gasteiger partial charge in [0.05, 0.1) is 24.7 Å². The number of imide groups is 1. The van der Waals surface area contributed by atoms with Crippen molar-refractivity contribution >= 4 is 48.0 Å². The third-order valence-corrected chi connectivity index (χ3v) is 6.04. The fourth-order valence-electron chi connectivity index (χ4n) is 3.78. The standard InChI is InChI=1S/C23H26N7O7P/c1-14-8-18(31)30(23(14)33)17-5-3-4-16(9-17)22(32)25-7-6-24-20-19-21(27-11-26-20)29(12-28-19)10-15(2)37-13-38(34,35)36/h3-5,8-9,11-12,15H,6-7,10,13H2,1-2H3,(H,25,32)(H,24,26,27)(H2,34,35,36)/t15-/m1/s1. The maximum atomic E-state index is 12.6. The lowest BCUT2D eigenvalue weighted by Crippen LogP contribution is -2.31. The molecule has 0 unspecified atom stereocenters. The molecule has 200 valence electrons. The van der Waals surface area contributed by atoms with Gasteiger partial charge in [-0.3, -0.25) is 18.9 Å². The van der Waals surface area contributed by atoms with E-state index in [4.69, 9.17) is 14.5 Å². The summed E-state index contributed by atoms with van der Waals surface area (Å²) in [6.45, 7) is 4.07. The molecule has 1 aromatic carbocycles. The van der Waals surface area contributed by atoms with E-state index in [-0.39, 0.29) is 19.0 Å². The van der Waals surface area contributed by atoms with Crippen molar-refractivity contribution in [3.63, 3.8) is 0 Å². The highest BCUT2D eigenvalue weighted by Gasteiger charge is 2.30. The summed E-state index contributed by atoms with van der Waals surface area (Å²) in [5.41, 5.74) is 1.94. The van der Waals surface area contributed by atoms with Crippen LogP contribution in [0.1, 0.15) is 24.2 Å². The average Bonchev–Trinajstić information content (AvgIpc) is 3.39. The summed E-state index contributed by atoms with van der Waals surface area (Å²) in [5, 5.41) is 5.87. The Morgan fingerprint density at radius 3 is 2.68 bits per heavy atom. The van der Waals surface area contributed by atoms with Gasteiger partial charge in [-0.15, -0.1) is 0 Å². The van der Waals surface area contributed by atoms with Crippen molar-refractivity contribution in [3.8, 4) is 0 Å². The van der Waals surface area contributed by atoms with Gasteiger partial charge in [0.25, 0.3) is 17.7 Å². The molecular weight excluding hydrogens is 517 g/mol. The zero-order chi connectivity index (χ0) is 27.4. The number of nitrogens with zero attached hydrogens (tertiary/aromatic N) is 5. The molecule has 1 atom stereocenters. The Balaban J connectivity index is 1.32. The highest BCUT2D eigenvalue weighted by atomic mass is 31.2. The van der Waals surface area contributed by atoms with E-state index in [0.717, 1.165) is 4.90 Å². The maximum absolute atomic E-state index is 12.6. The predicted octanol–water partition coefficient (Wildman–Crippen LogP) is 1.03. The molecule has 0 fully saturated rings. The molecule has 0 spiro atoms. The van der Waals surface area contributed by atoms with Gasteiger partial charge in [-0.1, -0.05) is 6.07 Å². The SMILES string of the molecule is CC1=CC(=O)N(c2cccc(C(=O)NCCNc3ncnc4c3ncn4C[C@@H](C)OCP(=O)(O)O)c2)C1=O. The largest absolute Gasteiger partial charge is 0.366 e. The van der Waals surface area contributed by atoms with Gasteiger partial charge >= 0.3 is 7.60 Å². The van der Waals surface area contributed by atoms with E-state index >= 15 is 0 Å². The number of amides is 3. The molecule has 3 heterocycles. The number of nitrogens with one attached hydrogen (secondary N) is 2. The number of hydrogen-bond acceptors (Lipinski definition) is 9. The smallest absolute Gasteiger partial charge is 0.350 e. The molecule has 3 amide bonds. The predicted molar refractivity (Wildman–Crippen MR) is 136 cm³/mol. The monoisotopic (exact) mass is 543 g/mol. The van der Waals surface area contributed by atoms with Crippen LogP contribution in [0.2, 0.25) is 0 Å². The van der Waals surface area contributed by atoms with Crippen molar-refractivity contribution in [1.29, 1.82) is 0 Å². The first kappa shape index (κ1) is 27.1. The molecule has 0 radical (unpaired) electrons. The van der Waals surface area contributed by atoms with Crippen LogP contribution in [0.5, 0.6) is 0 Å². The number of fused-ring (bicyclic) bond motifs is 1. The Morgan fingerprint density at radius 2 is 1.97 bits per heavy atom. The number of ether oxygens (including phenoxy) is 1. The van der Waals surface area contributed by atoms with Crippen molar-refractivity contribution in [3.05, 3.63) is 54.1 Å². The van der Waals surface area contributed by atoms with Crippen LogP contribution in [0.3, 0.4) is 0 Å². The number of hydrogen-bond donors (Lipinski definition) is 4. The normalized spacial score (nSPS) is 14.6. The number of imidazole rings is 1. The zero-order valence-corrected chi connectivity index (χ0v) is 21.5. The molecule has 4 N–H and O–H groups in total. The second-order valence-corrected chi connectivity index (χ2v) is 10.2. The van der Waals surface area contributed by atoms with Gasteiger partial charge < -0.3 is 29.7 Å². The van der Waals surface area contributed by atoms with Crippen LogP contribution in [-0.4, -0.2) is 72.6 Å². The molecular formula is C23H26N7O7P. The second kappa shape index (κ2) is 11.2.